The van der Waals surface area contributed by atoms with Gasteiger partial charge in [0, 0.05) is 36.2 Å². The van der Waals surface area contributed by atoms with E-state index in [0.717, 1.165) is 25.3 Å². The molecule has 3 nitrogen and oxygen atoms in total. The van der Waals surface area contributed by atoms with E-state index in [0.29, 0.717) is 11.8 Å². The summed E-state index contributed by atoms with van der Waals surface area (Å²) < 4.78 is 0. The second kappa shape index (κ2) is 7.37. The summed E-state index contributed by atoms with van der Waals surface area (Å²) in [5.74, 6) is 1.32. The lowest BCUT2D eigenvalue weighted by molar-refractivity contribution is 0.552. The standard InChI is InChI=1S/C15H27N3/c1-11(2)7-16-9-14-10-17-13(5)6-15(14)18-8-12(3)4/h6,10-12,16H,7-9H2,1-5H3,(H,17,18). The van der Waals surface area contributed by atoms with Crippen LogP contribution in [0.15, 0.2) is 12.3 Å². The van der Waals surface area contributed by atoms with Crippen LogP contribution in [-0.4, -0.2) is 18.1 Å². The Morgan fingerprint density at radius 1 is 1.11 bits per heavy atom. The van der Waals surface area contributed by atoms with Crippen molar-refractivity contribution in [2.24, 2.45) is 11.8 Å². The van der Waals surface area contributed by atoms with Crippen LogP contribution in [0.1, 0.15) is 39.0 Å². The highest BCUT2D eigenvalue weighted by Crippen LogP contribution is 2.16. The van der Waals surface area contributed by atoms with E-state index < -0.39 is 0 Å². The molecule has 0 unspecified atom stereocenters. The second-order valence-corrected chi connectivity index (χ2v) is 5.78. The summed E-state index contributed by atoms with van der Waals surface area (Å²) in [5, 5.41) is 6.98. The molecule has 0 spiro atoms. The zero-order valence-corrected chi connectivity index (χ0v) is 12.4. The maximum Gasteiger partial charge on any atom is 0.0419 e. The molecule has 102 valence electrons. The number of anilines is 1. The minimum atomic E-state index is 0.648. The highest BCUT2D eigenvalue weighted by Gasteiger charge is 2.04. The summed E-state index contributed by atoms with van der Waals surface area (Å²) in [5.41, 5.74) is 3.53. The fourth-order valence-electron chi connectivity index (χ4n) is 1.70. The Kier molecular flexibility index (Phi) is 6.13. The van der Waals surface area contributed by atoms with Crippen molar-refractivity contribution in [3.63, 3.8) is 0 Å². The van der Waals surface area contributed by atoms with E-state index in [9.17, 15) is 0 Å². The van der Waals surface area contributed by atoms with Crippen LogP contribution in [0.4, 0.5) is 5.69 Å². The van der Waals surface area contributed by atoms with Gasteiger partial charge in [0.05, 0.1) is 0 Å². The van der Waals surface area contributed by atoms with Gasteiger partial charge in [-0.2, -0.15) is 0 Å². The van der Waals surface area contributed by atoms with Crippen LogP contribution < -0.4 is 10.6 Å². The van der Waals surface area contributed by atoms with Gasteiger partial charge in [-0.3, -0.25) is 4.98 Å². The molecule has 0 saturated heterocycles. The van der Waals surface area contributed by atoms with E-state index in [-0.39, 0.29) is 0 Å². The number of aryl methyl sites for hydroxylation is 1. The number of nitrogens with zero attached hydrogens (tertiary/aromatic N) is 1. The number of hydrogen-bond acceptors (Lipinski definition) is 3. The molecule has 1 heterocycles. The van der Waals surface area contributed by atoms with E-state index in [1.807, 2.05) is 13.1 Å². The predicted molar refractivity (Wildman–Crippen MR) is 78.8 cm³/mol. The second-order valence-electron chi connectivity index (χ2n) is 5.78. The van der Waals surface area contributed by atoms with Gasteiger partial charge in [0.2, 0.25) is 0 Å². The normalized spacial score (nSPS) is 11.3. The first-order chi connectivity index (χ1) is 8.49. The molecule has 18 heavy (non-hydrogen) atoms. The van der Waals surface area contributed by atoms with Gasteiger partial charge in [0.25, 0.3) is 0 Å². The van der Waals surface area contributed by atoms with Gasteiger partial charge >= 0.3 is 0 Å². The van der Waals surface area contributed by atoms with Crippen molar-refractivity contribution < 1.29 is 0 Å². The van der Waals surface area contributed by atoms with Gasteiger partial charge in [0.15, 0.2) is 0 Å². The number of nitrogens with one attached hydrogen (secondary N) is 2. The minimum absolute atomic E-state index is 0.648. The lowest BCUT2D eigenvalue weighted by Crippen LogP contribution is -2.20. The van der Waals surface area contributed by atoms with Gasteiger partial charge in [0.1, 0.15) is 0 Å². The van der Waals surface area contributed by atoms with Crippen molar-refractivity contribution in [2.45, 2.75) is 41.2 Å². The Labute approximate surface area is 111 Å². The summed E-state index contributed by atoms with van der Waals surface area (Å²) in [6, 6.07) is 2.13. The monoisotopic (exact) mass is 249 g/mol. The van der Waals surface area contributed by atoms with E-state index in [4.69, 9.17) is 0 Å². The summed E-state index contributed by atoms with van der Waals surface area (Å²) in [7, 11) is 0. The SMILES string of the molecule is Cc1cc(NCC(C)C)c(CNCC(C)C)cn1. The van der Waals surface area contributed by atoms with Crippen LogP contribution in [-0.2, 0) is 6.54 Å². The quantitative estimate of drug-likeness (QED) is 0.779. The fraction of sp³-hybridized carbons (Fsp3) is 0.667. The van der Waals surface area contributed by atoms with Crippen LogP contribution in [0.25, 0.3) is 0 Å². The number of aromatic nitrogens is 1. The Morgan fingerprint density at radius 2 is 1.78 bits per heavy atom. The summed E-state index contributed by atoms with van der Waals surface area (Å²) in [4.78, 5) is 4.38. The Balaban J connectivity index is 2.64. The molecule has 0 aliphatic heterocycles. The first kappa shape index (κ1) is 15.0. The highest BCUT2D eigenvalue weighted by molar-refractivity contribution is 5.51. The average Bonchev–Trinajstić information content (AvgIpc) is 2.28. The molecule has 1 aromatic heterocycles. The van der Waals surface area contributed by atoms with Gasteiger partial charge in [-0.25, -0.2) is 0 Å². The molecule has 0 saturated carbocycles. The zero-order chi connectivity index (χ0) is 13.5. The Morgan fingerprint density at radius 3 is 2.39 bits per heavy atom. The summed E-state index contributed by atoms with van der Waals surface area (Å²) in [6.45, 7) is 13.8. The first-order valence-corrected chi connectivity index (χ1v) is 6.89. The fourth-order valence-corrected chi connectivity index (χ4v) is 1.70. The third-order valence-corrected chi connectivity index (χ3v) is 2.69. The van der Waals surface area contributed by atoms with Crippen molar-refractivity contribution in [2.75, 3.05) is 18.4 Å². The maximum atomic E-state index is 4.38. The third-order valence-electron chi connectivity index (χ3n) is 2.69. The largest absolute Gasteiger partial charge is 0.384 e. The molecule has 3 heteroatoms. The molecular weight excluding hydrogens is 222 g/mol. The van der Waals surface area contributed by atoms with Crippen molar-refractivity contribution >= 4 is 5.69 Å². The Hall–Kier alpha value is -1.09. The molecule has 0 aliphatic carbocycles. The molecule has 0 fully saturated rings. The summed E-state index contributed by atoms with van der Waals surface area (Å²) in [6.07, 6.45) is 1.98. The first-order valence-electron chi connectivity index (χ1n) is 6.89. The van der Waals surface area contributed by atoms with Crippen molar-refractivity contribution in [1.29, 1.82) is 0 Å². The van der Waals surface area contributed by atoms with E-state index in [1.165, 1.54) is 11.3 Å². The van der Waals surface area contributed by atoms with Crippen molar-refractivity contribution in [3.8, 4) is 0 Å². The molecule has 2 N–H and O–H groups in total. The molecule has 0 radical (unpaired) electrons. The average molecular weight is 249 g/mol. The zero-order valence-electron chi connectivity index (χ0n) is 12.4. The van der Waals surface area contributed by atoms with E-state index in [1.54, 1.807) is 0 Å². The van der Waals surface area contributed by atoms with Crippen LogP contribution in [0.5, 0.6) is 0 Å². The summed E-state index contributed by atoms with van der Waals surface area (Å²) >= 11 is 0. The van der Waals surface area contributed by atoms with Crippen LogP contribution in [0.2, 0.25) is 0 Å². The van der Waals surface area contributed by atoms with Crippen LogP contribution in [0.3, 0.4) is 0 Å². The van der Waals surface area contributed by atoms with Crippen molar-refractivity contribution in [3.05, 3.63) is 23.5 Å². The van der Waals surface area contributed by atoms with Crippen LogP contribution in [0, 0.1) is 18.8 Å². The Bertz CT molecular complexity index is 359. The number of hydrogen-bond donors (Lipinski definition) is 2. The molecule has 0 amide bonds. The topological polar surface area (TPSA) is 37.0 Å². The lowest BCUT2D eigenvalue weighted by Gasteiger charge is -2.15. The number of rotatable bonds is 7. The van der Waals surface area contributed by atoms with E-state index >= 15 is 0 Å². The molecule has 0 aliphatic rings. The lowest BCUT2D eigenvalue weighted by atomic mass is 10.1. The molecule has 0 bridgehead atoms. The van der Waals surface area contributed by atoms with Crippen molar-refractivity contribution in [1.82, 2.24) is 10.3 Å². The number of pyridine rings is 1. The van der Waals surface area contributed by atoms with E-state index in [2.05, 4.69) is 49.4 Å². The minimum Gasteiger partial charge on any atom is -0.384 e. The molecule has 0 atom stereocenters. The molecule has 1 aromatic rings. The van der Waals surface area contributed by atoms with Gasteiger partial charge in [-0.15, -0.1) is 0 Å². The smallest absolute Gasteiger partial charge is 0.0419 e. The van der Waals surface area contributed by atoms with Gasteiger partial charge in [-0.05, 0) is 31.4 Å². The molecule has 0 aromatic carbocycles. The molecular formula is C15H27N3. The maximum absolute atomic E-state index is 4.38. The van der Waals surface area contributed by atoms with Gasteiger partial charge in [-0.1, -0.05) is 27.7 Å². The molecule has 1 rings (SSSR count). The predicted octanol–water partition coefficient (Wildman–Crippen LogP) is 3.20. The highest BCUT2D eigenvalue weighted by atomic mass is 14.9. The van der Waals surface area contributed by atoms with Gasteiger partial charge < -0.3 is 10.6 Å². The van der Waals surface area contributed by atoms with Crippen LogP contribution >= 0.6 is 0 Å². The third kappa shape index (κ3) is 5.50.